The zero-order chi connectivity index (χ0) is 15.8. The fourth-order valence-corrected chi connectivity index (χ4v) is 2.46. The van der Waals surface area contributed by atoms with Crippen molar-refractivity contribution in [3.63, 3.8) is 0 Å². The molecule has 0 spiro atoms. The second-order valence-electron chi connectivity index (χ2n) is 5.19. The average molecular weight is 293 g/mol. The summed E-state index contributed by atoms with van der Waals surface area (Å²) >= 11 is 0. The molecule has 0 fully saturated rings. The van der Waals surface area contributed by atoms with Crippen LogP contribution in [0.3, 0.4) is 0 Å². The summed E-state index contributed by atoms with van der Waals surface area (Å²) in [7, 11) is 0. The van der Waals surface area contributed by atoms with Crippen LogP contribution in [0.15, 0.2) is 60.7 Å². The van der Waals surface area contributed by atoms with E-state index in [1.807, 2.05) is 60.7 Å². The lowest BCUT2D eigenvalue weighted by Gasteiger charge is -2.20. The van der Waals surface area contributed by atoms with Crippen molar-refractivity contribution in [2.75, 3.05) is 6.61 Å². The molecule has 3 nitrogen and oxygen atoms in total. The molecule has 22 heavy (non-hydrogen) atoms. The Morgan fingerprint density at radius 1 is 1.00 bits per heavy atom. The first-order valence-electron chi connectivity index (χ1n) is 7.34. The molecule has 2 aromatic rings. The van der Waals surface area contributed by atoms with Crippen molar-refractivity contribution in [1.29, 1.82) is 0 Å². The summed E-state index contributed by atoms with van der Waals surface area (Å²) in [5.74, 6) is -0.447. The molecule has 0 aliphatic heterocycles. The first-order valence-corrected chi connectivity index (χ1v) is 7.34. The van der Waals surface area contributed by atoms with Crippen LogP contribution in [-0.2, 0) is 22.4 Å². The molecule has 112 valence electrons. The highest BCUT2D eigenvalue weighted by molar-refractivity contribution is 5.84. The maximum Gasteiger partial charge on any atom is 0.394 e. The van der Waals surface area contributed by atoms with Gasteiger partial charge in [-0.05, 0) is 18.1 Å². The van der Waals surface area contributed by atoms with Gasteiger partial charge in [-0.25, -0.2) is 11.4 Å². The fourth-order valence-electron chi connectivity index (χ4n) is 2.46. The quantitative estimate of drug-likeness (QED) is 0.600. The normalized spacial score (nSPS) is 10.7. The summed E-state index contributed by atoms with van der Waals surface area (Å²) in [6.07, 6.45) is 0.704. The second kappa shape index (κ2) is 7.42. The number of rotatable bonds is 6. The van der Waals surface area contributed by atoms with E-state index in [2.05, 4.69) is 4.85 Å². The monoisotopic (exact) mass is 293 g/mol. The molecular weight excluding hydrogens is 274 g/mol. The molecule has 0 atom stereocenters. The lowest BCUT2D eigenvalue weighted by Crippen LogP contribution is -2.41. The average Bonchev–Trinajstić information content (AvgIpc) is 2.56. The highest BCUT2D eigenvalue weighted by atomic mass is 16.5. The number of hydrogen-bond acceptors (Lipinski definition) is 2. The first-order chi connectivity index (χ1) is 10.7. The summed E-state index contributed by atoms with van der Waals surface area (Å²) in [5, 5.41) is 0. The minimum absolute atomic E-state index is 0.277. The molecule has 2 aromatic carbocycles. The topological polar surface area (TPSA) is 30.7 Å². The number of carbonyl (C=O) groups excluding carboxylic acids is 1. The zero-order valence-electron chi connectivity index (χ0n) is 12.7. The maximum atomic E-state index is 12.5. The van der Waals surface area contributed by atoms with E-state index in [1.165, 1.54) is 0 Å². The zero-order valence-corrected chi connectivity index (χ0v) is 12.7. The SMILES string of the molecule is [C-]#[N+]C(Cc1ccccc1)(Cc1ccccc1)C(=O)OCC. The van der Waals surface area contributed by atoms with Gasteiger partial charge in [0.05, 0.1) is 19.4 Å². The smallest absolute Gasteiger partial charge is 0.394 e. The third kappa shape index (κ3) is 3.73. The summed E-state index contributed by atoms with van der Waals surface area (Å²) < 4.78 is 5.19. The van der Waals surface area contributed by atoms with E-state index in [0.717, 1.165) is 11.1 Å². The van der Waals surface area contributed by atoms with Crippen LogP contribution in [0.4, 0.5) is 0 Å². The van der Waals surface area contributed by atoms with Crippen LogP contribution in [0.5, 0.6) is 0 Å². The Morgan fingerprint density at radius 3 is 1.82 bits per heavy atom. The molecule has 0 heterocycles. The lowest BCUT2D eigenvalue weighted by atomic mass is 9.85. The summed E-state index contributed by atoms with van der Waals surface area (Å²) in [6.45, 7) is 9.68. The van der Waals surface area contributed by atoms with Gasteiger partial charge in [-0.3, -0.25) is 4.85 Å². The van der Waals surface area contributed by atoms with E-state index in [1.54, 1.807) is 6.92 Å². The Morgan fingerprint density at radius 2 is 1.45 bits per heavy atom. The molecule has 0 saturated heterocycles. The van der Waals surface area contributed by atoms with Crippen molar-refractivity contribution >= 4 is 5.97 Å². The van der Waals surface area contributed by atoms with Crippen molar-refractivity contribution in [2.24, 2.45) is 0 Å². The predicted octanol–water partition coefficient (Wildman–Crippen LogP) is 3.69. The number of carbonyl (C=O) groups is 1. The van der Waals surface area contributed by atoms with E-state index in [0.29, 0.717) is 12.8 Å². The molecular formula is C19H19NO2. The van der Waals surface area contributed by atoms with Crippen LogP contribution in [-0.4, -0.2) is 18.1 Å². The largest absolute Gasteiger partial charge is 0.460 e. The molecule has 0 unspecified atom stereocenters. The van der Waals surface area contributed by atoms with Gasteiger partial charge in [0, 0.05) is 0 Å². The van der Waals surface area contributed by atoms with Crippen molar-refractivity contribution < 1.29 is 9.53 Å². The highest BCUT2D eigenvalue weighted by Gasteiger charge is 2.47. The van der Waals surface area contributed by atoms with Gasteiger partial charge in [0.1, 0.15) is 0 Å². The molecule has 0 bridgehead atoms. The highest BCUT2D eigenvalue weighted by Crippen LogP contribution is 2.25. The second-order valence-corrected chi connectivity index (χ2v) is 5.19. The first kappa shape index (κ1) is 15.8. The Hall–Kier alpha value is -2.60. The Labute approximate surface area is 131 Å². The Balaban J connectivity index is 2.34. The molecule has 0 aromatic heterocycles. The van der Waals surface area contributed by atoms with Crippen LogP contribution < -0.4 is 0 Å². The Bertz CT molecular complexity index is 603. The summed E-state index contributed by atoms with van der Waals surface area (Å²) in [4.78, 5) is 16.2. The van der Waals surface area contributed by atoms with Gasteiger partial charge in [0.15, 0.2) is 0 Å². The third-order valence-electron chi connectivity index (χ3n) is 3.55. The van der Waals surface area contributed by atoms with Crippen molar-refractivity contribution in [1.82, 2.24) is 0 Å². The lowest BCUT2D eigenvalue weighted by molar-refractivity contribution is -0.147. The van der Waals surface area contributed by atoms with Gasteiger partial charge >= 0.3 is 11.5 Å². The van der Waals surface area contributed by atoms with Gasteiger partial charge in [0.2, 0.25) is 0 Å². The molecule has 0 aliphatic rings. The van der Waals surface area contributed by atoms with Crippen LogP contribution in [0.25, 0.3) is 4.85 Å². The molecule has 3 heteroatoms. The number of ether oxygens (including phenoxy) is 1. The van der Waals surface area contributed by atoms with Crippen LogP contribution in [0.1, 0.15) is 18.1 Å². The van der Waals surface area contributed by atoms with E-state index in [-0.39, 0.29) is 6.61 Å². The van der Waals surface area contributed by atoms with E-state index in [9.17, 15) is 4.79 Å². The van der Waals surface area contributed by atoms with E-state index in [4.69, 9.17) is 11.3 Å². The maximum absolute atomic E-state index is 12.5. The van der Waals surface area contributed by atoms with Gasteiger partial charge in [-0.2, -0.15) is 0 Å². The third-order valence-corrected chi connectivity index (χ3v) is 3.55. The summed E-state index contributed by atoms with van der Waals surface area (Å²) in [5.41, 5.74) is 0.712. The van der Waals surface area contributed by atoms with Crippen molar-refractivity contribution in [3.05, 3.63) is 83.2 Å². The summed E-state index contributed by atoms with van der Waals surface area (Å²) in [6, 6.07) is 19.2. The minimum atomic E-state index is -1.21. The van der Waals surface area contributed by atoms with Gasteiger partial charge in [-0.1, -0.05) is 60.7 Å². The van der Waals surface area contributed by atoms with Crippen molar-refractivity contribution in [2.45, 2.75) is 25.3 Å². The molecule has 0 N–H and O–H groups in total. The van der Waals surface area contributed by atoms with Crippen LogP contribution in [0.2, 0.25) is 0 Å². The molecule has 2 rings (SSSR count). The molecule has 0 radical (unpaired) electrons. The molecule has 0 aliphatic carbocycles. The predicted molar refractivity (Wildman–Crippen MR) is 86.3 cm³/mol. The standard InChI is InChI=1S/C19H19NO2/c1-3-22-18(21)19(20-2,14-16-10-6-4-7-11-16)15-17-12-8-5-9-13-17/h4-13H,3,14-15H2,1H3. The Kier molecular flexibility index (Phi) is 5.32. The minimum Gasteiger partial charge on any atom is -0.460 e. The van der Waals surface area contributed by atoms with Crippen LogP contribution >= 0.6 is 0 Å². The number of hydrogen-bond donors (Lipinski definition) is 0. The van der Waals surface area contributed by atoms with E-state index >= 15 is 0 Å². The number of nitrogens with zero attached hydrogens (tertiary/aromatic N) is 1. The van der Waals surface area contributed by atoms with Gasteiger partial charge < -0.3 is 4.74 Å². The van der Waals surface area contributed by atoms with Gasteiger partial charge in [-0.15, -0.1) is 0 Å². The van der Waals surface area contributed by atoms with E-state index < -0.39 is 11.5 Å². The molecule has 0 amide bonds. The van der Waals surface area contributed by atoms with Gasteiger partial charge in [0.25, 0.3) is 0 Å². The molecule has 0 saturated carbocycles. The van der Waals surface area contributed by atoms with Crippen LogP contribution in [0, 0.1) is 6.57 Å². The fraction of sp³-hybridized carbons (Fsp3) is 0.263. The van der Waals surface area contributed by atoms with Crippen molar-refractivity contribution in [3.8, 4) is 0 Å². The number of benzene rings is 2. The number of esters is 1.